The van der Waals surface area contributed by atoms with Crippen LogP contribution in [0.2, 0.25) is 0 Å². The Morgan fingerprint density at radius 3 is 2.36 bits per heavy atom. The van der Waals surface area contributed by atoms with Crippen LogP contribution in [0, 0.1) is 11.7 Å². The van der Waals surface area contributed by atoms with E-state index in [0.717, 1.165) is 5.56 Å². The molecule has 0 saturated carbocycles. The topological polar surface area (TPSA) is 75.4 Å². The molecule has 0 aliphatic heterocycles. The first-order valence-corrected chi connectivity index (χ1v) is 7.30. The van der Waals surface area contributed by atoms with Gasteiger partial charge in [-0.3, -0.25) is 14.5 Å². The van der Waals surface area contributed by atoms with Crippen molar-refractivity contribution in [1.82, 2.24) is 10.2 Å². The summed E-state index contributed by atoms with van der Waals surface area (Å²) in [6.07, 6.45) is 0.371. The molecule has 0 unspecified atom stereocenters. The largest absolute Gasteiger partial charge is 0.369 e. The van der Waals surface area contributed by atoms with Crippen molar-refractivity contribution in [2.75, 3.05) is 20.1 Å². The highest BCUT2D eigenvalue weighted by Crippen LogP contribution is 2.09. The minimum absolute atomic E-state index is 0.151. The number of amides is 2. The van der Waals surface area contributed by atoms with Crippen LogP contribution in [0.15, 0.2) is 24.3 Å². The first kappa shape index (κ1) is 18.1. The fourth-order valence-electron chi connectivity index (χ4n) is 1.88. The summed E-state index contributed by atoms with van der Waals surface area (Å²) >= 11 is 0. The van der Waals surface area contributed by atoms with Gasteiger partial charge in [-0.2, -0.15) is 0 Å². The lowest BCUT2D eigenvalue weighted by atomic mass is 9.98. The number of benzene rings is 1. The van der Waals surface area contributed by atoms with Gasteiger partial charge in [0.05, 0.1) is 12.5 Å². The number of carbonyl (C=O) groups excluding carboxylic acids is 2. The van der Waals surface area contributed by atoms with Crippen LogP contribution in [-0.2, 0) is 16.0 Å². The summed E-state index contributed by atoms with van der Waals surface area (Å²) in [5.74, 6) is -1.48. The molecule has 0 aliphatic rings. The van der Waals surface area contributed by atoms with E-state index in [1.165, 1.54) is 12.1 Å². The molecular formula is C16H24FN3O2. The Labute approximate surface area is 130 Å². The van der Waals surface area contributed by atoms with Crippen LogP contribution < -0.4 is 11.1 Å². The molecule has 5 nitrogen and oxygen atoms in total. The molecule has 1 rings (SSSR count). The average Bonchev–Trinajstić information content (AvgIpc) is 2.44. The van der Waals surface area contributed by atoms with Gasteiger partial charge in [0, 0.05) is 12.6 Å². The molecule has 1 aromatic rings. The predicted molar refractivity (Wildman–Crippen MR) is 83.6 cm³/mol. The van der Waals surface area contributed by atoms with E-state index in [4.69, 9.17) is 5.73 Å². The molecule has 0 aliphatic carbocycles. The van der Waals surface area contributed by atoms with Gasteiger partial charge in [0.15, 0.2) is 0 Å². The number of likely N-dealkylation sites (N-methyl/N-ethyl adjacent to an activating group) is 1. The molecule has 3 N–H and O–H groups in total. The molecule has 0 heterocycles. The summed E-state index contributed by atoms with van der Waals surface area (Å²) < 4.78 is 12.9. The van der Waals surface area contributed by atoms with Crippen molar-refractivity contribution >= 4 is 11.8 Å². The van der Waals surface area contributed by atoms with Gasteiger partial charge >= 0.3 is 0 Å². The number of rotatable bonds is 8. The third-order valence-electron chi connectivity index (χ3n) is 3.62. The third-order valence-corrected chi connectivity index (χ3v) is 3.62. The van der Waals surface area contributed by atoms with Crippen LogP contribution in [0.1, 0.15) is 19.4 Å². The number of primary amides is 1. The van der Waals surface area contributed by atoms with E-state index in [-0.39, 0.29) is 30.9 Å². The smallest absolute Gasteiger partial charge is 0.234 e. The maximum absolute atomic E-state index is 12.9. The van der Waals surface area contributed by atoms with Gasteiger partial charge in [-0.25, -0.2) is 4.39 Å². The van der Waals surface area contributed by atoms with E-state index in [2.05, 4.69) is 5.32 Å². The lowest BCUT2D eigenvalue weighted by Crippen LogP contribution is -2.42. The van der Waals surface area contributed by atoms with Crippen LogP contribution in [-0.4, -0.2) is 42.9 Å². The van der Waals surface area contributed by atoms with Gasteiger partial charge in [-0.1, -0.05) is 12.1 Å². The summed E-state index contributed by atoms with van der Waals surface area (Å²) in [7, 11) is 1.86. The number of nitrogens with zero attached hydrogens (tertiary/aromatic N) is 1. The van der Waals surface area contributed by atoms with Crippen molar-refractivity contribution in [2.45, 2.75) is 26.3 Å². The maximum atomic E-state index is 12.9. The van der Waals surface area contributed by atoms with E-state index < -0.39 is 11.8 Å². The minimum atomic E-state index is -0.515. The molecule has 122 valence electrons. The molecule has 0 bridgehead atoms. The molecule has 1 atom stereocenters. The highest BCUT2D eigenvalue weighted by atomic mass is 19.1. The van der Waals surface area contributed by atoms with Crippen molar-refractivity contribution in [3.63, 3.8) is 0 Å². The molecule has 6 heteroatoms. The second kappa shape index (κ2) is 8.48. The predicted octanol–water partition coefficient (Wildman–Crippen LogP) is 0.926. The van der Waals surface area contributed by atoms with Crippen molar-refractivity contribution in [3.8, 4) is 0 Å². The van der Waals surface area contributed by atoms with Crippen molar-refractivity contribution in [3.05, 3.63) is 35.6 Å². The van der Waals surface area contributed by atoms with Crippen LogP contribution >= 0.6 is 0 Å². The molecule has 0 radical (unpaired) electrons. The van der Waals surface area contributed by atoms with Gasteiger partial charge in [0.25, 0.3) is 0 Å². The Bertz CT molecular complexity index is 503. The Balaban J connectivity index is 2.52. The van der Waals surface area contributed by atoms with E-state index in [1.807, 2.05) is 25.8 Å². The second-order valence-corrected chi connectivity index (χ2v) is 5.74. The summed E-state index contributed by atoms with van der Waals surface area (Å²) in [6, 6.07) is 6.16. The van der Waals surface area contributed by atoms with E-state index in [1.54, 1.807) is 12.1 Å². The molecule has 0 saturated heterocycles. The zero-order valence-electron chi connectivity index (χ0n) is 13.3. The zero-order chi connectivity index (χ0) is 16.7. The van der Waals surface area contributed by atoms with Gasteiger partial charge in [-0.05, 0) is 45.0 Å². The van der Waals surface area contributed by atoms with E-state index >= 15 is 0 Å². The van der Waals surface area contributed by atoms with Crippen LogP contribution in [0.3, 0.4) is 0 Å². The molecular weight excluding hydrogens is 285 g/mol. The highest BCUT2D eigenvalue weighted by Gasteiger charge is 2.18. The molecule has 2 amide bonds. The molecule has 1 aromatic carbocycles. The number of nitrogens with two attached hydrogens (primary N) is 1. The first-order chi connectivity index (χ1) is 10.3. The quantitative estimate of drug-likeness (QED) is 0.750. The summed E-state index contributed by atoms with van der Waals surface area (Å²) in [4.78, 5) is 25.2. The van der Waals surface area contributed by atoms with Crippen molar-refractivity contribution < 1.29 is 14.0 Å². The van der Waals surface area contributed by atoms with Crippen molar-refractivity contribution in [2.24, 2.45) is 11.7 Å². The lowest BCUT2D eigenvalue weighted by molar-refractivity contribution is -0.124. The summed E-state index contributed by atoms with van der Waals surface area (Å²) in [5, 5.41) is 2.73. The Morgan fingerprint density at radius 2 is 1.86 bits per heavy atom. The van der Waals surface area contributed by atoms with Crippen molar-refractivity contribution in [1.29, 1.82) is 0 Å². The fraction of sp³-hybridized carbons (Fsp3) is 0.500. The van der Waals surface area contributed by atoms with Gasteiger partial charge in [0.1, 0.15) is 5.82 Å². The number of halogens is 1. The molecule has 0 aromatic heterocycles. The summed E-state index contributed by atoms with van der Waals surface area (Å²) in [5.41, 5.74) is 6.18. The van der Waals surface area contributed by atoms with Gasteiger partial charge < -0.3 is 11.1 Å². The Hall–Kier alpha value is -1.95. The number of hydrogen-bond donors (Lipinski definition) is 2. The Kier molecular flexibility index (Phi) is 6.98. The number of hydrogen-bond acceptors (Lipinski definition) is 3. The van der Waals surface area contributed by atoms with Crippen LogP contribution in [0.25, 0.3) is 0 Å². The van der Waals surface area contributed by atoms with E-state index in [0.29, 0.717) is 6.42 Å². The van der Waals surface area contributed by atoms with E-state index in [9.17, 15) is 14.0 Å². The zero-order valence-corrected chi connectivity index (χ0v) is 13.3. The third kappa shape index (κ3) is 6.22. The normalized spacial score (nSPS) is 12.5. The second-order valence-electron chi connectivity index (χ2n) is 5.74. The summed E-state index contributed by atoms with van der Waals surface area (Å²) in [6.45, 7) is 4.43. The van der Waals surface area contributed by atoms with Crippen LogP contribution in [0.5, 0.6) is 0 Å². The molecule has 22 heavy (non-hydrogen) atoms. The first-order valence-electron chi connectivity index (χ1n) is 7.30. The van der Waals surface area contributed by atoms with Crippen LogP contribution in [0.4, 0.5) is 4.39 Å². The number of nitrogens with one attached hydrogen (secondary N) is 1. The SMILES string of the molecule is CC(C)N(C)CC(=O)NC[C@H](Cc1ccc(F)cc1)C(N)=O. The highest BCUT2D eigenvalue weighted by molar-refractivity contribution is 5.80. The lowest BCUT2D eigenvalue weighted by Gasteiger charge is -2.21. The Morgan fingerprint density at radius 1 is 1.27 bits per heavy atom. The molecule has 0 spiro atoms. The maximum Gasteiger partial charge on any atom is 0.234 e. The molecule has 0 fully saturated rings. The number of carbonyl (C=O) groups is 2. The fourth-order valence-corrected chi connectivity index (χ4v) is 1.88. The monoisotopic (exact) mass is 309 g/mol. The minimum Gasteiger partial charge on any atom is -0.369 e. The van der Waals surface area contributed by atoms with Gasteiger partial charge in [-0.15, -0.1) is 0 Å². The standard InChI is InChI=1S/C16H24FN3O2/c1-11(2)20(3)10-15(21)19-9-13(16(18)22)8-12-4-6-14(17)7-5-12/h4-7,11,13H,8-10H2,1-3H3,(H2,18,22)(H,19,21)/t13-/m0/s1. The van der Waals surface area contributed by atoms with Gasteiger partial charge in [0.2, 0.25) is 11.8 Å². The average molecular weight is 309 g/mol.